The second kappa shape index (κ2) is 8.31. The summed E-state index contributed by atoms with van der Waals surface area (Å²) in [5.41, 5.74) is 0.665. The normalized spacial score (nSPS) is 9.24. The zero-order chi connectivity index (χ0) is 12.3. The van der Waals surface area contributed by atoms with Gasteiger partial charge in [0.05, 0.1) is 13.0 Å². The highest BCUT2D eigenvalue weighted by Crippen LogP contribution is 1.90. The number of hydrogen-bond acceptors (Lipinski definition) is 4. The van der Waals surface area contributed by atoms with Gasteiger partial charge in [-0.15, -0.1) is 0 Å². The van der Waals surface area contributed by atoms with Crippen LogP contribution < -0.4 is 0 Å². The fraction of sp³-hybridized carbons (Fsp3) is 0.385. The van der Waals surface area contributed by atoms with Crippen LogP contribution in [0.1, 0.15) is 19.0 Å². The van der Waals surface area contributed by atoms with Crippen LogP contribution in [0.3, 0.4) is 0 Å². The maximum atomic E-state index is 11.1. The third-order valence-corrected chi connectivity index (χ3v) is 1.84. The van der Waals surface area contributed by atoms with Gasteiger partial charge in [-0.05, 0) is 25.0 Å². The van der Waals surface area contributed by atoms with Crippen molar-refractivity contribution in [1.82, 2.24) is 4.98 Å². The lowest BCUT2D eigenvalue weighted by atomic mass is 10.3. The Bertz CT molecular complexity index is 392. The highest BCUT2D eigenvalue weighted by molar-refractivity contribution is 5.69. The minimum absolute atomic E-state index is 0.0849. The number of carbonyl (C=O) groups excluding carboxylic acids is 1. The van der Waals surface area contributed by atoms with Crippen LogP contribution in [0, 0.1) is 11.8 Å². The summed E-state index contributed by atoms with van der Waals surface area (Å²) in [6, 6.07) is 5.47. The van der Waals surface area contributed by atoms with Gasteiger partial charge in [-0.1, -0.05) is 12.0 Å². The first-order valence-electron chi connectivity index (χ1n) is 5.46. The fourth-order valence-electron chi connectivity index (χ4n) is 1.05. The van der Waals surface area contributed by atoms with Gasteiger partial charge in [0.1, 0.15) is 5.69 Å². The lowest BCUT2D eigenvalue weighted by Gasteiger charge is -2.00. The molecule has 0 amide bonds. The smallest absolute Gasteiger partial charge is 0.309 e. The number of hydrogen-bond donors (Lipinski definition) is 0. The van der Waals surface area contributed by atoms with Crippen molar-refractivity contribution in [2.75, 3.05) is 19.8 Å². The highest BCUT2D eigenvalue weighted by atomic mass is 16.5. The van der Waals surface area contributed by atoms with Gasteiger partial charge < -0.3 is 9.47 Å². The first kappa shape index (κ1) is 13.2. The molecule has 1 rings (SSSR count). The molecule has 1 aromatic heterocycles. The van der Waals surface area contributed by atoms with Crippen molar-refractivity contribution in [3.8, 4) is 11.8 Å². The predicted octanol–water partition coefficient (Wildman–Crippen LogP) is 1.40. The monoisotopic (exact) mass is 233 g/mol. The lowest BCUT2D eigenvalue weighted by molar-refractivity contribution is -0.143. The van der Waals surface area contributed by atoms with Crippen LogP contribution in [0.5, 0.6) is 0 Å². The van der Waals surface area contributed by atoms with Crippen molar-refractivity contribution < 1.29 is 14.3 Å². The quantitative estimate of drug-likeness (QED) is 0.438. The number of pyridine rings is 1. The average Bonchev–Trinajstić information content (AvgIpc) is 2.36. The number of rotatable bonds is 5. The first-order chi connectivity index (χ1) is 8.33. The molecule has 17 heavy (non-hydrogen) atoms. The molecule has 1 aromatic rings. The van der Waals surface area contributed by atoms with E-state index in [1.54, 1.807) is 12.3 Å². The molecule has 0 aliphatic rings. The van der Waals surface area contributed by atoms with E-state index < -0.39 is 0 Å². The minimum Gasteiger partial charge on any atom is -0.452 e. The summed E-state index contributed by atoms with van der Waals surface area (Å²) < 4.78 is 9.92. The zero-order valence-corrected chi connectivity index (χ0v) is 9.81. The van der Waals surface area contributed by atoms with Gasteiger partial charge in [0, 0.05) is 12.8 Å². The minimum atomic E-state index is -0.297. The van der Waals surface area contributed by atoms with Crippen LogP contribution in [-0.2, 0) is 14.3 Å². The molecule has 0 aliphatic heterocycles. The molecular weight excluding hydrogens is 218 g/mol. The molecule has 0 saturated heterocycles. The molecule has 90 valence electrons. The highest BCUT2D eigenvalue weighted by Gasteiger charge is 2.00. The van der Waals surface area contributed by atoms with Gasteiger partial charge in [-0.3, -0.25) is 4.79 Å². The number of esters is 1. The molecule has 0 aromatic carbocycles. The number of nitrogens with zero attached hydrogens (tertiary/aromatic N) is 1. The fourth-order valence-corrected chi connectivity index (χ4v) is 1.05. The zero-order valence-electron chi connectivity index (χ0n) is 9.81. The third-order valence-electron chi connectivity index (χ3n) is 1.84. The van der Waals surface area contributed by atoms with Crippen molar-refractivity contribution in [3.05, 3.63) is 30.1 Å². The van der Waals surface area contributed by atoms with Crippen molar-refractivity contribution in [2.45, 2.75) is 13.3 Å². The summed E-state index contributed by atoms with van der Waals surface area (Å²) >= 11 is 0. The second-order valence-electron chi connectivity index (χ2n) is 3.12. The van der Waals surface area contributed by atoms with E-state index >= 15 is 0 Å². The summed E-state index contributed by atoms with van der Waals surface area (Å²) in [6.07, 6.45) is 1.93. The van der Waals surface area contributed by atoms with E-state index in [4.69, 9.17) is 9.47 Å². The molecule has 1 heterocycles. The van der Waals surface area contributed by atoms with Crippen molar-refractivity contribution in [1.29, 1.82) is 0 Å². The summed E-state index contributed by atoms with van der Waals surface area (Å²) in [6.45, 7) is 2.96. The van der Waals surface area contributed by atoms with Crippen LogP contribution >= 0.6 is 0 Å². The summed E-state index contributed by atoms with van der Waals surface area (Å²) in [4.78, 5) is 15.2. The maximum Gasteiger partial charge on any atom is 0.309 e. The predicted molar refractivity (Wildman–Crippen MR) is 63.2 cm³/mol. The Morgan fingerprint density at radius 1 is 1.47 bits per heavy atom. The summed E-state index contributed by atoms with van der Waals surface area (Å²) in [5, 5.41) is 0. The molecule has 0 atom stereocenters. The van der Waals surface area contributed by atoms with E-state index in [-0.39, 0.29) is 19.0 Å². The van der Waals surface area contributed by atoms with E-state index in [2.05, 4.69) is 16.8 Å². The van der Waals surface area contributed by atoms with Crippen LogP contribution in [0.25, 0.3) is 0 Å². The van der Waals surface area contributed by atoms with Crippen LogP contribution in [0.15, 0.2) is 24.4 Å². The number of carbonyl (C=O) groups is 1. The maximum absolute atomic E-state index is 11.1. The molecule has 0 bridgehead atoms. The number of aromatic nitrogens is 1. The van der Waals surface area contributed by atoms with Crippen LogP contribution in [-0.4, -0.2) is 30.8 Å². The second-order valence-corrected chi connectivity index (χ2v) is 3.12. The Kier molecular flexibility index (Phi) is 6.46. The van der Waals surface area contributed by atoms with Gasteiger partial charge in [-0.2, -0.15) is 0 Å². The van der Waals surface area contributed by atoms with Gasteiger partial charge in [-0.25, -0.2) is 4.98 Å². The molecule has 0 aliphatic carbocycles. The molecule has 0 N–H and O–H groups in total. The molecule has 0 saturated carbocycles. The Morgan fingerprint density at radius 3 is 3.06 bits per heavy atom. The topological polar surface area (TPSA) is 48.4 Å². The first-order valence-corrected chi connectivity index (χ1v) is 5.46. The SMILES string of the molecule is CCOCCC(=O)OCC#Cc1ccccn1. The van der Waals surface area contributed by atoms with Crippen molar-refractivity contribution >= 4 is 5.97 Å². The van der Waals surface area contributed by atoms with Gasteiger partial charge in [0.25, 0.3) is 0 Å². The van der Waals surface area contributed by atoms with Crippen LogP contribution in [0.2, 0.25) is 0 Å². The van der Waals surface area contributed by atoms with E-state index in [0.29, 0.717) is 18.9 Å². The molecule has 4 heteroatoms. The van der Waals surface area contributed by atoms with E-state index in [1.165, 1.54) is 0 Å². The molecule has 0 spiro atoms. The molecule has 4 nitrogen and oxygen atoms in total. The molecule has 0 fully saturated rings. The van der Waals surface area contributed by atoms with E-state index in [9.17, 15) is 4.79 Å². The van der Waals surface area contributed by atoms with Gasteiger partial charge in [0.2, 0.25) is 0 Å². The van der Waals surface area contributed by atoms with Crippen LogP contribution in [0.4, 0.5) is 0 Å². The Morgan fingerprint density at radius 2 is 2.35 bits per heavy atom. The number of ether oxygens (including phenoxy) is 2. The Labute approximate surface area is 101 Å². The average molecular weight is 233 g/mol. The Balaban J connectivity index is 2.19. The third kappa shape index (κ3) is 6.33. The molecule has 0 radical (unpaired) electrons. The Hall–Kier alpha value is -1.86. The molecule has 0 unspecified atom stereocenters. The van der Waals surface area contributed by atoms with Gasteiger partial charge >= 0.3 is 5.97 Å². The van der Waals surface area contributed by atoms with E-state index in [1.807, 2.05) is 19.1 Å². The molecular formula is C13H15NO3. The largest absolute Gasteiger partial charge is 0.452 e. The van der Waals surface area contributed by atoms with Crippen molar-refractivity contribution in [3.63, 3.8) is 0 Å². The summed E-state index contributed by atoms with van der Waals surface area (Å²) in [7, 11) is 0. The van der Waals surface area contributed by atoms with E-state index in [0.717, 1.165) is 0 Å². The standard InChI is InChI=1S/C13H15NO3/c1-2-16-11-8-13(15)17-10-5-7-12-6-3-4-9-14-12/h3-4,6,9H,2,8,10-11H2,1H3. The summed E-state index contributed by atoms with van der Waals surface area (Å²) in [5.74, 6) is 5.23. The van der Waals surface area contributed by atoms with Crippen molar-refractivity contribution in [2.24, 2.45) is 0 Å². The lowest BCUT2D eigenvalue weighted by Crippen LogP contribution is -2.08. The van der Waals surface area contributed by atoms with Gasteiger partial charge in [0.15, 0.2) is 6.61 Å².